The third-order valence-corrected chi connectivity index (χ3v) is 7.31. The fraction of sp³-hybridized carbons (Fsp3) is 0.625. The molecule has 0 radical (unpaired) electrons. The molecule has 0 aliphatic heterocycles. The molecule has 2 aliphatic carbocycles. The van der Waals surface area contributed by atoms with Crippen LogP contribution >= 0.6 is 24.4 Å². The van der Waals surface area contributed by atoms with Crippen molar-refractivity contribution in [2.75, 3.05) is 0 Å². The second kappa shape index (κ2) is 4.21. The molecule has 18 heavy (non-hydrogen) atoms. The van der Waals surface area contributed by atoms with Gasteiger partial charge in [0.25, 0.3) is 0 Å². The van der Waals surface area contributed by atoms with Crippen molar-refractivity contribution in [3.63, 3.8) is 0 Å². The summed E-state index contributed by atoms with van der Waals surface area (Å²) in [4.78, 5) is 1.39. The van der Waals surface area contributed by atoms with Crippen LogP contribution in [0.25, 0.3) is 0 Å². The topological polar surface area (TPSA) is 0 Å². The second-order valence-electron chi connectivity index (χ2n) is 6.75. The van der Waals surface area contributed by atoms with Crippen molar-refractivity contribution < 1.29 is 0 Å². The van der Waals surface area contributed by atoms with Crippen LogP contribution in [0.5, 0.6) is 0 Å². The average molecular weight is 278 g/mol. The lowest BCUT2D eigenvalue weighted by atomic mass is 9.89. The molecule has 3 rings (SSSR count). The Morgan fingerprint density at radius 2 is 1.78 bits per heavy atom. The minimum atomic E-state index is 0.176. The van der Waals surface area contributed by atoms with Gasteiger partial charge in [0.2, 0.25) is 0 Å². The summed E-state index contributed by atoms with van der Waals surface area (Å²) in [7, 11) is 0. The molecule has 0 heterocycles. The second-order valence-corrected chi connectivity index (χ2v) is 9.05. The lowest BCUT2D eigenvalue weighted by molar-refractivity contribution is 0.417. The first-order valence-corrected chi connectivity index (χ1v) is 8.18. The van der Waals surface area contributed by atoms with Crippen LogP contribution in [0.1, 0.15) is 33.6 Å². The molecule has 0 spiro atoms. The fourth-order valence-electron chi connectivity index (χ4n) is 3.63. The minimum absolute atomic E-state index is 0.176. The predicted octanol–water partition coefficient (Wildman–Crippen LogP) is 4.90. The minimum Gasteiger partial charge on any atom is -0.172 e. The third kappa shape index (κ3) is 2.12. The Hall–Kier alpha value is -0.0800. The number of fused-ring (bicyclic) bond motifs is 1. The zero-order valence-corrected chi connectivity index (χ0v) is 13.1. The number of hydrogen-bond acceptors (Lipinski definition) is 2. The molecule has 4 unspecified atom stereocenters. The van der Waals surface area contributed by atoms with Gasteiger partial charge in [0, 0.05) is 14.9 Å². The highest BCUT2D eigenvalue weighted by atomic mass is 32.2. The van der Waals surface area contributed by atoms with E-state index in [-0.39, 0.29) is 4.75 Å². The molecule has 0 saturated heterocycles. The molecule has 0 nitrogen and oxygen atoms in total. The molecule has 0 bridgehead atoms. The van der Waals surface area contributed by atoms with E-state index in [0.717, 1.165) is 11.8 Å². The van der Waals surface area contributed by atoms with Crippen LogP contribution in [-0.2, 0) is 0 Å². The van der Waals surface area contributed by atoms with E-state index in [1.54, 1.807) is 0 Å². The largest absolute Gasteiger partial charge is 0.172 e. The molecule has 2 saturated carbocycles. The lowest BCUT2D eigenvalue weighted by Gasteiger charge is -2.36. The molecule has 0 amide bonds. The van der Waals surface area contributed by atoms with Crippen molar-refractivity contribution in [1.29, 1.82) is 0 Å². The summed E-state index contributed by atoms with van der Waals surface area (Å²) >= 11 is 7.01. The molecular formula is C16H22S2. The van der Waals surface area contributed by atoms with Crippen LogP contribution in [0.2, 0.25) is 0 Å². The van der Waals surface area contributed by atoms with Crippen LogP contribution in [0.4, 0.5) is 0 Å². The van der Waals surface area contributed by atoms with Crippen LogP contribution in [0, 0.1) is 17.3 Å². The molecule has 2 aliphatic rings. The van der Waals surface area contributed by atoms with E-state index in [1.165, 1.54) is 17.7 Å². The van der Waals surface area contributed by atoms with Gasteiger partial charge in [-0.3, -0.25) is 0 Å². The van der Waals surface area contributed by atoms with E-state index in [0.29, 0.717) is 10.7 Å². The number of rotatable bonds is 2. The molecule has 1 aromatic rings. The van der Waals surface area contributed by atoms with E-state index >= 15 is 0 Å². The average Bonchev–Trinajstić information content (AvgIpc) is 2.81. The van der Waals surface area contributed by atoms with Gasteiger partial charge in [0.1, 0.15) is 0 Å². The molecular weight excluding hydrogens is 256 g/mol. The first kappa shape index (κ1) is 12.9. The van der Waals surface area contributed by atoms with Crippen LogP contribution < -0.4 is 0 Å². The fourth-order valence-corrected chi connectivity index (χ4v) is 5.39. The van der Waals surface area contributed by atoms with Crippen molar-refractivity contribution in [2.45, 2.75) is 48.5 Å². The van der Waals surface area contributed by atoms with Crippen molar-refractivity contribution in [3.8, 4) is 0 Å². The summed E-state index contributed by atoms with van der Waals surface area (Å²) in [6.07, 6.45) is 2.61. The highest BCUT2D eigenvalue weighted by Gasteiger charge is 2.63. The standard InChI is InChI=1S/C16H22S2/c1-15(2)12-9-14(16(3,17)10-13(12)15)18-11-7-5-4-6-8-11/h4-8,12-14,17H,9-10H2,1-3H3. The van der Waals surface area contributed by atoms with Gasteiger partial charge in [0.05, 0.1) is 0 Å². The SMILES string of the molecule is CC1(S)CC2C(CC1Sc1ccccc1)C2(C)C. The Labute approximate surface area is 120 Å². The first-order valence-electron chi connectivity index (χ1n) is 6.85. The molecule has 98 valence electrons. The van der Waals surface area contributed by atoms with E-state index in [9.17, 15) is 0 Å². The molecule has 0 N–H and O–H groups in total. The van der Waals surface area contributed by atoms with Gasteiger partial charge in [-0.15, -0.1) is 11.8 Å². The first-order chi connectivity index (χ1) is 8.41. The van der Waals surface area contributed by atoms with E-state index in [4.69, 9.17) is 12.6 Å². The van der Waals surface area contributed by atoms with E-state index in [1.807, 2.05) is 11.8 Å². The number of thioether (sulfide) groups is 1. The van der Waals surface area contributed by atoms with Crippen molar-refractivity contribution in [2.24, 2.45) is 17.3 Å². The Bertz CT molecular complexity index is 436. The Morgan fingerprint density at radius 3 is 2.44 bits per heavy atom. The van der Waals surface area contributed by atoms with Gasteiger partial charge < -0.3 is 0 Å². The maximum atomic E-state index is 4.99. The normalized spacial score (nSPS) is 41.2. The zero-order chi connectivity index (χ0) is 13.0. The quantitative estimate of drug-likeness (QED) is 0.751. The number of thiol groups is 1. The van der Waals surface area contributed by atoms with Gasteiger partial charge in [-0.1, -0.05) is 32.0 Å². The summed E-state index contributed by atoms with van der Waals surface area (Å²) in [6, 6.07) is 10.8. The van der Waals surface area contributed by atoms with Crippen molar-refractivity contribution in [1.82, 2.24) is 0 Å². The highest BCUT2D eigenvalue weighted by molar-refractivity contribution is 8.00. The lowest BCUT2D eigenvalue weighted by Crippen LogP contribution is -2.35. The smallest absolute Gasteiger partial charge is 0.0239 e. The number of benzene rings is 1. The van der Waals surface area contributed by atoms with Crippen LogP contribution in [-0.4, -0.2) is 10.00 Å². The van der Waals surface area contributed by atoms with Gasteiger partial charge in [-0.2, -0.15) is 12.6 Å². The van der Waals surface area contributed by atoms with Gasteiger partial charge >= 0.3 is 0 Å². The Morgan fingerprint density at radius 1 is 1.11 bits per heavy atom. The Balaban J connectivity index is 1.76. The molecule has 2 heteroatoms. The molecule has 0 aromatic heterocycles. The third-order valence-electron chi connectivity index (χ3n) is 5.10. The maximum absolute atomic E-state index is 4.99. The number of hydrogen-bond donors (Lipinski definition) is 1. The zero-order valence-electron chi connectivity index (χ0n) is 11.4. The van der Waals surface area contributed by atoms with Crippen molar-refractivity contribution >= 4 is 24.4 Å². The summed E-state index contributed by atoms with van der Waals surface area (Å²) in [6.45, 7) is 7.20. The summed E-state index contributed by atoms with van der Waals surface area (Å²) in [5.74, 6) is 1.84. The summed E-state index contributed by atoms with van der Waals surface area (Å²) in [5.41, 5.74) is 0.565. The van der Waals surface area contributed by atoms with Gasteiger partial charge in [-0.05, 0) is 49.1 Å². The monoisotopic (exact) mass is 278 g/mol. The van der Waals surface area contributed by atoms with E-state index in [2.05, 4.69) is 51.1 Å². The maximum Gasteiger partial charge on any atom is 0.0239 e. The predicted molar refractivity (Wildman–Crippen MR) is 83.5 cm³/mol. The van der Waals surface area contributed by atoms with Crippen LogP contribution in [0.3, 0.4) is 0 Å². The van der Waals surface area contributed by atoms with Crippen molar-refractivity contribution in [3.05, 3.63) is 30.3 Å². The summed E-state index contributed by atoms with van der Waals surface area (Å²) < 4.78 is 0.176. The van der Waals surface area contributed by atoms with E-state index < -0.39 is 0 Å². The molecule has 1 aromatic carbocycles. The van der Waals surface area contributed by atoms with Gasteiger partial charge in [-0.25, -0.2) is 0 Å². The summed E-state index contributed by atoms with van der Waals surface area (Å²) in [5, 5.41) is 0.645. The highest BCUT2D eigenvalue weighted by Crippen LogP contribution is 2.68. The Kier molecular flexibility index (Phi) is 3.02. The van der Waals surface area contributed by atoms with Gasteiger partial charge in [0.15, 0.2) is 0 Å². The molecule has 2 fully saturated rings. The molecule has 4 atom stereocenters. The van der Waals surface area contributed by atoms with Crippen LogP contribution in [0.15, 0.2) is 35.2 Å².